The molecule has 2 heterocycles. The van der Waals surface area contributed by atoms with Crippen molar-refractivity contribution in [1.29, 1.82) is 0 Å². The highest BCUT2D eigenvalue weighted by Gasteiger charge is 2.21. The van der Waals surface area contributed by atoms with E-state index in [4.69, 9.17) is 21.1 Å². The van der Waals surface area contributed by atoms with Gasteiger partial charge >= 0.3 is 12.2 Å². The molecule has 2 amide bonds. The molecule has 34 heavy (non-hydrogen) atoms. The van der Waals surface area contributed by atoms with Crippen LogP contribution in [0.1, 0.15) is 45.2 Å². The lowest BCUT2D eigenvalue weighted by Crippen LogP contribution is -2.39. The summed E-state index contributed by atoms with van der Waals surface area (Å²) in [7, 11) is 1.38. The molecule has 184 valence electrons. The minimum absolute atomic E-state index is 0.0317. The molecule has 12 nitrogen and oxygen atoms in total. The Hall–Kier alpha value is -4.07. The Kier molecular flexibility index (Phi) is 8.24. The molecule has 14 heteroatoms. The predicted octanol–water partition coefficient (Wildman–Crippen LogP) is 2.37. The molecule has 1 atom stereocenters. The zero-order chi connectivity index (χ0) is 25.6. The lowest BCUT2D eigenvalue weighted by Gasteiger charge is -2.21. The average molecular weight is 480 g/mol. The number of pyridine rings is 1. The molecule has 0 aliphatic heterocycles. The molecule has 1 unspecified atom stereocenters. The summed E-state index contributed by atoms with van der Waals surface area (Å²) in [5.74, 6) is 3.80. The van der Waals surface area contributed by atoms with Crippen molar-refractivity contribution < 1.29 is 27.8 Å². The van der Waals surface area contributed by atoms with Gasteiger partial charge in [-0.2, -0.15) is 4.39 Å². The van der Waals surface area contributed by atoms with Crippen LogP contribution >= 0.6 is 0 Å². The predicted molar refractivity (Wildman–Crippen MR) is 117 cm³/mol. The number of aromatic nitrogens is 3. The number of nitrogens with one attached hydrogen (secondary N) is 2. The highest BCUT2D eigenvalue weighted by atomic mass is 19.1. The standard InChI is InChI=1S/C20H26F2N8O4/c1-10(13-6-11(21)7-25-15(13)22)33-18(31)29-17(30(5)24)14(23)16-26-8-12(9-27-16)28-19(32)34-20(2,3)4/h6-10H,23-24H2,1-5H3,(H,28,32)(H,29,31)/b17-14-. The summed E-state index contributed by atoms with van der Waals surface area (Å²) in [4.78, 5) is 35.5. The summed E-state index contributed by atoms with van der Waals surface area (Å²) in [6, 6.07) is 0.862. The Bertz CT molecular complexity index is 1070. The maximum absolute atomic E-state index is 13.8. The molecule has 0 aliphatic rings. The molecule has 0 radical (unpaired) electrons. The molecular formula is C20H26F2N8O4. The summed E-state index contributed by atoms with van der Waals surface area (Å²) in [6.07, 6.45) is 0.307. The third kappa shape index (κ3) is 7.51. The molecule has 0 bridgehead atoms. The fourth-order valence-electron chi connectivity index (χ4n) is 2.48. The first kappa shape index (κ1) is 26.2. The van der Waals surface area contributed by atoms with Gasteiger partial charge in [0, 0.05) is 7.05 Å². The molecule has 0 aromatic carbocycles. The Morgan fingerprint density at radius 2 is 1.74 bits per heavy atom. The Morgan fingerprint density at radius 3 is 2.29 bits per heavy atom. The number of hydrazine groups is 1. The van der Waals surface area contributed by atoms with Crippen molar-refractivity contribution in [3.63, 3.8) is 0 Å². The quantitative estimate of drug-likeness (QED) is 0.273. The van der Waals surface area contributed by atoms with Gasteiger partial charge in [-0.25, -0.2) is 34.8 Å². The maximum Gasteiger partial charge on any atom is 0.413 e. The van der Waals surface area contributed by atoms with Crippen LogP contribution in [0.3, 0.4) is 0 Å². The number of halogens is 2. The number of rotatable bonds is 6. The number of hydrogen-bond acceptors (Lipinski definition) is 10. The third-order valence-electron chi connectivity index (χ3n) is 3.92. The van der Waals surface area contributed by atoms with Crippen LogP contribution in [0, 0.1) is 11.8 Å². The van der Waals surface area contributed by atoms with Gasteiger partial charge in [-0.3, -0.25) is 15.6 Å². The highest BCUT2D eigenvalue weighted by molar-refractivity contribution is 5.84. The zero-order valence-corrected chi connectivity index (χ0v) is 19.2. The van der Waals surface area contributed by atoms with Crippen molar-refractivity contribution >= 4 is 23.6 Å². The van der Waals surface area contributed by atoms with Gasteiger partial charge in [-0.05, 0) is 33.8 Å². The van der Waals surface area contributed by atoms with Crippen LogP contribution in [0.25, 0.3) is 5.70 Å². The van der Waals surface area contributed by atoms with E-state index in [1.165, 1.54) is 26.4 Å². The topological polar surface area (TPSA) is 171 Å². The van der Waals surface area contributed by atoms with Crippen molar-refractivity contribution in [2.45, 2.75) is 39.4 Å². The molecule has 0 saturated heterocycles. The van der Waals surface area contributed by atoms with Gasteiger partial charge in [0.2, 0.25) is 5.95 Å². The Morgan fingerprint density at radius 1 is 1.12 bits per heavy atom. The molecule has 2 rings (SSSR count). The first-order valence-electron chi connectivity index (χ1n) is 9.86. The minimum atomic E-state index is -1.18. The van der Waals surface area contributed by atoms with Gasteiger partial charge in [0.1, 0.15) is 23.2 Å². The van der Waals surface area contributed by atoms with Gasteiger partial charge in [-0.1, -0.05) is 0 Å². The first-order chi connectivity index (χ1) is 15.8. The Balaban J connectivity index is 2.13. The van der Waals surface area contributed by atoms with Gasteiger partial charge in [0.15, 0.2) is 11.6 Å². The van der Waals surface area contributed by atoms with Crippen LogP contribution in [0.2, 0.25) is 0 Å². The van der Waals surface area contributed by atoms with Crippen LogP contribution < -0.4 is 22.2 Å². The van der Waals surface area contributed by atoms with E-state index in [0.29, 0.717) is 6.20 Å². The number of carbonyl (C=O) groups is 2. The van der Waals surface area contributed by atoms with Crippen molar-refractivity contribution in [2.24, 2.45) is 11.6 Å². The first-order valence-corrected chi connectivity index (χ1v) is 9.86. The van der Waals surface area contributed by atoms with Gasteiger partial charge in [0.05, 0.1) is 29.8 Å². The molecule has 0 spiro atoms. The SMILES string of the molecule is CC(OC(=O)N/C(=C(/N)c1ncc(NC(=O)OC(C)(C)C)cn1)N(C)N)c1cc(F)cnc1F. The lowest BCUT2D eigenvalue weighted by atomic mass is 10.2. The van der Waals surface area contributed by atoms with E-state index in [2.05, 4.69) is 25.6 Å². The molecule has 0 fully saturated rings. The number of alkyl carbamates (subject to hydrolysis) is 1. The largest absolute Gasteiger partial charge is 0.444 e. The van der Waals surface area contributed by atoms with E-state index >= 15 is 0 Å². The summed E-state index contributed by atoms with van der Waals surface area (Å²) >= 11 is 0. The number of anilines is 1. The number of ether oxygens (including phenoxy) is 2. The fourth-order valence-corrected chi connectivity index (χ4v) is 2.48. The van der Waals surface area contributed by atoms with Crippen LogP contribution in [-0.2, 0) is 9.47 Å². The molecular weight excluding hydrogens is 454 g/mol. The van der Waals surface area contributed by atoms with Crippen LogP contribution in [-0.4, -0.2) is 44.8 Å². The number of nitrogens with zero attached hydrogens (tertiary/aromatic N) is 4. The average Bonchev–Trinajstić information content (AvgIpc) is 2.72. The highest BCUT2D eigenvalue weighted by Crippen LogP contribution is 2.20. The normalized spacial score (nSPS) is 12.8. The number of nitrogens with two attached hydrogens (primary N) is 2. The number of amides is 2. The fraction of sp³-hybridized carbons (Fsp3) is 0.350. The summed E-state index contributed by atoms with van der Waals surface area (Å²) in [5.41, 5.74) is 5.19. The van der Waals surface area contributed by atoms with Crippen molar-refractivity contribution in [3.8, 4) is 0 Å². The van der Waals surface area contributed by atoms with Crippen molar-refractivity contribution in [2.75, 3.05) is 12.4 Å². The molecule has 0 saturated carbocycles. The molecule has 6 N–H and O–H groups in total. The minimum Gasteiger partial charge on any atom is -0.444 e. The van der Waals surface area contributed by atoms with Gasteiger partial charge < -0.3 is 15.2 Å². The second-order valence-electron chi connectivity index (χ2n) is 8.00. The van der Waals surface area contributed by atoms with E-state index in [1.54, 1.807) is 20.8 Å². The van der Waals surface area contributed by atoms with Crippen LogP contribution in [0.4, 0.5) is 24.1 Å². The monoisotopic (exact) mass is 480 g/mol. The van der Waals surface area contributed by atoms with Crippen molar-refractivity contribution in [1.82, 2.24) is 25.3 Å². The smallest absolute Gasteiger partial charge is 0.413 e. The van der Waals surface area contributed by atoms with Crippen molar-refractivity contribution in [3.05, 3.63) is 53.6 Å². The van der Waals surface area contributed by atoms with E-state index in [9.17, 15) is 18.4 Å². The number of carbonyl (C=O) groups excluding carboxylic acids is 2. The van der Waals surface area contributed by atoms with Gasteiger partial charge in [-0.15, -0.1) is 0 Å². The van der Waals surface area contributed by atoms with E-state index in [0.717, 1.165) is 11.1 Å². The molecule has 0 aliphatic carbocycles. The third-order valence-corrected chi connectivity index (χ3v) is 3.92. The summed E-state index contributed by atoms with van der Waals surface area (Å²) < 4.78 is 37.4. The van der Waals surface area contributed by atoms with Crippen LogP contribution in [0.5, 0.6) is 0 Å². The van der Waals surface area contributed by atoms with Crippen LogP contribution in [0.15, 0.2) is 30.5 Å². The second-order valence-corrected chi connectivity index (χ2v) is 8.00. The Labute approximate surface area is 194 Å². The zero-order valence-electron chi connectivity index (χ0n) is 19.2. The molecule has 2 aromatic rings. The van der Waals surface area contributed by atoms with E-state index in [-0.39, 0.29) is 28.6 Å². The van der Waals surface area contributed by atoms with Gasteiger partial charge in [0.25, 0.3) is 0 Å². The van der Waals surface area contributed by atoms with E-state index < -0.39 is 35.7 Å². The summed E-state index contributed by atoms with van der Waals surface area (Å²) in [5, 5.41) is 5.75. The summed E-state index contributed by atoms with van der Waals surface area (Å²) in [6.45, 7) is 6.48. The van der Waals surface area contributed by atoms with E-state index in [1.807, 2.05) is 0 Å². The molecule has 2 aromatic heterocycles. The number of hydrogen-bond donors (Lipinski definition) is 4. The maximum atomic E-state index is 13.8. The lowest BCUT2D eigenvalue weighted by molar-refractivity contribution is 0.0635. The second kappa shape index (κ2) is 10.7.